The molecule has 0 aromatic carbocycles. The minimum absolute atomic E-state index is 0.404. The number of carbonyl (C=O) groups is 5. The number of primary amides is 1. The van der Waals surface area contributed by atoms with Crippen molar-refractivity contribution in [1.29, 1.82) is 0 Å². The first-order valence-corrected chi connectivity index (χ1v) is 8.73. The molecule has 0 aliphatic rings. The third-order valence-electron chi connectivity index (χ3n) is 4.08. The van der Waals surface area contributed by atoms with Crippen LogP contribution < -0.4 is 27.4 Å². The van der Waals surface area contributed by atoms with E-state index in [0.29, 0.717) is 6.42 Å². The van der Waals surface area contributed by atoms with Crippen molar-refractivity contribution in [2.45, 2.75) is 57.8 Å². The smallest absolute Gasteiger partial charge is 0.326 e. The Morgan fingerprint density at radius 1 is 0.964 bits per heavy atom. The van der Waals surface area contributed by atoms with E-state index < -0.39 is 72.7 Å². The van der Waals surface area contributed by atoms with Gasteiger partial charge >= 0.3 is 5.97 Å². The average Bonchev–Trinajstić information content (AvgIpc) is 2.61. The zero-order chi connectivity index (χ0) is 22.0. The maximum Gasteiger partial charge on any atom is 0.326 e. The third-order valence-corrected chi connectivity index (χ3v) is 4.08. The number of aliphatic hydroxyl groups excluding tert-OH is 1. The van der Waals surface area contributed by atoms with E-state index in [9.17, 15) is 29.1 Å². The predicted molar refractivity (Wildman–Crippen MR) is 97.4 cm³/mol. The molecule has 0 saturated carbocycles. The number of hydrogen-bond acceptors (Lipinski definition) is 7. The minimum Gasteiger partial charge on any atom is -0.480 e. The molecule has 0 aromatic rings. The lowest BCUT2D eigenvalue weighted by Crippen LogP contribution is -2.60. The van der Waals surface area contributed by atoms with Crippen molar-refractivity contribution in [3.8, 4) is 0 Å². The molecule has 5 atom stereocenters. The number of carbonyl (C=O) groups excluding carboxylic acids is 4. The summed E-state index contributed by atoms with van der Waals surface area (Å²) in [5.41, 5.74) is 10.2. The van der Waals surface area contributed by atoms with Crippen LogP contribution in [0.15, 0.2) is 0 Å². The molecule has 160 valence electrons. The van der Waals surface area contributed by atoms with Crippen LogP contribution in [0.25, 0.3) is 0 Å². The highest BCUT2D eigenvalue weighted by atomic mass is 16.4. The SMILES string of the molecule is CCC(C)C(NC(=O)C(NC(=O)CN)C(C)O)C(=O)NC(CC(N)=O)C(=O)O. The van der Waals surface area contributed by atoms with Gasteiger partial charge in [0, 0.05) is 0 Å². The molecule has 5 unspecified atom stereocenters. The highest BCUT2D eigenvalue weighted by molar-refractivity contribution is 5.94. The number of amides is 4. The number of aliphatic hydroxyl groups is 1. The topological polar surface area (TPSA) is 214 Å². The number of rotatable bonds is 12. The number of hydrogen-bond donors (Lipinski definition) is 7. The van der Waals surface area contributed by atoms with Crippen LogP contribution in [0.5, 0.6) is 0 Å². The summed E-state index contributed by atoms with van der Waals surface area (Å²) in [7, 11) is 0. The van der Waals surface area contributed by atoms with E-state index >= 15 is 0 Å². The number of nitrogens with two attached hydrogens (primary N) is 2. The highest BCUT2D eigenvalue weighted by Gasteiger charge is 2.33. The maximum atomic E-state index is 12.5. The number of carboxylic acids is 1. The van der Waals surface area contributed by atoms with Gasteiger partial charge in [-0.05, 0) is 12.8 Å². The molecule has 9 N–H and O–H groups in total. The Balaban J connectivity index is 5.41. The lowest BCUT2D eigenvalue weighted by atomic mass is 9.97. The van der Waals surface area contributed by atoms with Crippen LogP contribution in [0, 0.1) is 5.92 Å². The van der Waals surface area contributed by atoms with Gasteiger partial charge in [-0.2, -0.15) is 0 Å². The van der Waals surface area contributed by atoms with Crippen molar-refractivity contribution in [1.82, 2.24) is 16.0 Å². The number of aliphatic carboxylic acids is 1. The molecular formula is C16H29N5O7. The van der Waals surface area contributed by atoms with Gasteiger partial charge in [0.15, 0.2) is 0 Å². The van der Waals surface area contributed by atoms with E-state index in [2.05, 4.69) is 16.0 Å². The maximum absolute atomic E-state index is 12.5. The van der Waals surface area contributed by atoms with Crippen LogP contribution in [0.1, 0.15) is 33.6 Å². The van der Waals surface area contributed by atoms with Crippen LogP contribution in [0.4, 0.5) is 0 Å². The Bertz CT molecular complexity index is 596. The van der Waals surface area contributed by atoms with Crippen LogP contribution in [0.3, 0.4) is 0 Å². The molecule has 0 heterocycles. The second kappa shape index (κ2) is 11.9. The van der Waals surface area contributed by atoms with E-state index in [1.165, 1.54) is 6.92 Å². The van der Waals surface area contributed by atoms with Crippen LogP contribution in [0.2, 0.25) is 0 Å². The summed E-state index contributed by atoms with van der Waals surface area (Å²) >= 11 is 0. The van der Waals surface area contributed by atoms with E-state index in [1.54, 1.807) is 13.8 Å². The first-order valence-electron chi connectivity index (χ1n) is 8.73. The molecule has 0 aliphatic carbocycles. The summed E-state index contributed by atoms with van der Waals surface area (Å²) in [6, 6.07) is -4.10. The molecule has 12 nitrogen and oxygen atoms in total. The zero-order valence-electron chi connectivity index (χ0n) is 16.1. The third kappa shape index (κ3) is 8.31. The molecular weight excluding hydrogens is 374 g/mol. The van der Waals surface area contributed by atoms with Gasteiger partial charge in [0.25, 0.3) is 0 Å². The molecule has 0 fully saturated rings. The van der Waals surface area contributed by atoms with Crippen molar-refractivity contribution in [2.75, 3.05) is 6.54 Å². The molecule has 0 saturated heterocycles. The van der Waals surface area contributed by atoms with Crippen molar-refractivity contribution in [3.05, 3.63) is 0 Å². The van der Waals surface area contributed by atoms with Gasteiger partial charge in [0.05, 0.1) is 19.1 Å². The monoisotopic (exact) mass is 403 g/mol. The standard InChI is InChI=1S/C16H29N5O7/c1-4-7(2)12(14(25)19-9(16(27)28)5-10(18)23)21-15(26)13(8(3)22)20-11(24)6-17/h7-9,12-13,22H,4-6,17H2,1-3H3,(H2,18,23)(H,19,25)(H,20,24)(H,21,26)(H,27,28). The second-order valence-corrected chi connectivity index (χ2v) is 6.43. The van der Waals surface area contributed by atoms with Crippen LogP contribution in [-0.2, 0) is 24.0 Å². The van der Waals surface area contributed by atoms with Gasteiger partial charge in [-0.25, -0.2) is 4.79 Å². The molecule has 28 heavy (non-hydrogen) atoms. The Labute approximate surface area is 162 Å². The summed E-state index contributed by atoms with van der Waals surface area (Å²) in [4.78, 5) is 58.6. The molecule has 12 heteroatoms. The quantitative estimate of drug-likeness (QED) is 0.175. The average molecular weight is 403 g/mol. The molecule has 0 spiro atoms. The van der Waals surface area contributed by atoms with E-state index in [0.717, 1.165) is 0 Å². The molecule has 0 radical (unpaired) electrons. The van der Waals surface area contributed by atoms with Gasteiger partial charge in [0.1, 0.15) is 18.1 Å². The van der Waals surface area contributed by atoms with Gasteiger partial charge in [-0.1, -0.05) is 20.3 Å². The zero-order valence-corrected chi connectivity index (χ0v) is 16.1. The van der Waals surface area contributed by atoms with Gasteiger partial charge in [0.2, 0.25) is 23.6 Å². The summed E-state index contributed by atoms with van der Waals surface area (Å²) in [5, 5.41) is 25.7. The summed E-state index contributed by atoms with van der Waals surface area (Å²) < 4.78 is 0. The fraction of sp³-hybridized carbons (Fsp3) is 0.688. The first kappa shape index (κ1) is 25.3. The first-order chi connectivity index (χ1) is 12.9. The van der Waals surface area contributed by atoms with E-state index in [-0.39, 0.29) is 0 Å². The molecule has 0 bridgehead atoms. The minimum atomic E-state index is -1.56. The normalized spacial score (nSPS) is 16.0. The highest BCUT2D eigenvalue weighted by Crippen LogP contribution is 2.10. The van der Waals surface area contributed by atoms with E-state index in [1.807, 2.05) is 0 Å². The fourth-order valence-corrected chi connectivity index (χ4v) is 2.25. The Morgan fingerprint density at radius 2 is 1.50 bits per heavy atom. The Hall–Kier alpha value is -2.73. The van der Waals surface area contributed by atoms with Gasteiger partial charge < -0.3 is 37.6 Å². The van der Waals surface area contributed by atoms with Crippen molar-refractivity contribution < 1.29 is 34.2 Å². The van der Waals surface area contributed by atoms with Crippen molar-refractivity contribution >= 4 is 29.6 Å². The summed E-state index contributed by atoms with van der Waals surface area (Å²) in [5.74, 6) is -5.18. The lowest BCUT2D eigenvalue weighted by Gasteiger charge is -2.28. The molecule has 0 aliphatic heterocycles. The van der Waals surface area contributed by atoms with Gasteiger partial charge in [-0.3, -0.25) is 19.2 Å². The van der Waals surface area contributed by atoms with Gasteiger partial charge in [-0.15, -0.1) is 0 Å². The van der Waals surface area contributed by atoms with Crippen LogP contribution >= 0.6 is 0 Å². The Morgan fingerprint density at radius 3 is 1.89 bits per heavy atom. The largest absolute Gasteiger partial charge is 0.480 e. The lowest BCUT2D eigenvalue weighted by molar-refractivity contribution is -0.144. The van der Waals surface area contributed by atoms with Crippen LogP contribution in [-0.4, -0.2) is 70.6 Å². The van der Waals surface area contributed by atoms with Crippen molar-refractivity contribution in [2.24, 2.45) is 17.4 Å². The number of nitrogens with one attached hydrogen (secondary N) is 3. The van der Waals surface area contributed by atoms with Crippen molar-refractivity contribution in [3.63, 3.8) is 0 Å². The predicted octanol–water partition coefficient (Wildman–Crippen LogP) is -3.21. The second-order valence-electron chi connectivity index (χ2n) is 6.43. The molecule has 4 amide bonds. The Kier molecular flexibility index (Phi) is 10.7. The fourth-order valence-electron chi connectivity index (χ4n) is 2.25. The molecule has 0 rings (SSSR count). The summed E-state index contributed by atoms with van der Waals surface area (Å²) in [6.07, 6.45) is -1.45. The summed E-state index contributed by atoms with van der Waals surface area (Å²) in [6.45, 7) is 4.26. The number of carboxylic acid groups (broad SMARTS) is 1. The van der Waals surface area contributed by atoms with E-state index in [4.69, 9.17) is 16.6 Å². The molecule has 0 aromatic heterocycles.